The number of anilines is 1. The summed E-state index contributed by atoms with van der Waals surface area (Å²) in [7, 11) is 0. The fraction of sp³-hybridized carbons (Fsp3) is 0.500. The minimum atomic E-state index is -0.443. The first kappa shape index (κ1) is 14.5. The van der Waals surface area contributed by atoms with Crippen LogP contribution in [0.3, 0.4) is 0 Å². The summed E-state index contributed by atoms with van der Waals surface area (Å²) in [5.41, 5.74) is 0.996. The van der Waals surface area contributed by atoms with Crippen LogP contribution in [0.5, 0.6) is 0 Å². The second kappa shape index (κ2) is 6.47. The summed E-state index contributed by atoms with van der Waals surface area (Å²) in [6.45, 7) is 1.88. The van der Waals surface area contributed by atoms with Crippen molar-refractivity contribution in [2.24, 2.45) is 0 Å². The van der Waals surface area contributed by atoms with Crippen LogP contribution in [0.1, 0.15) is 31.2 Å². The Morgan fingerprint density at radius 3 is 2.75 bits per heavy atom. The Morgan fingerprint density at radius 2 is 2.10 bits per heavy atom. The van der Waals surface area contributed by atoms with Crippen LogP contribution in [0.25, 0.3) is 0 Å². The molecule has 0 saturated heterocycles. The zero-order valence-corrected chi connectivity index (χ0v) is 11.5. The Hall–Kier alpha value is -1.95. The zero-order chi connectivity index (χ0) is 14.5. The lowest BCUT2D eigenvalue weighted by molar-refractivity contribution is -0.385. The number of carbonyl (C=O) groups is 1. The lowest BCUT2D eigenvalue weighted by Gasteiger charge is -2.12. The normalized spacial score (nSPS) is 15.2. The molecule has 2 rings (SSSR count). The van der Waals surface area contributed by atoms with Gasteiger partial charge in [-0.25, -0.2) is 0 Å². The van der Waals surface area contributed by atoms with Crippen LogP contribution in [0.2, 0.25) is 0 Å². The lowest BCUT2D eigenvalue weighted by atomic mass is 10.1. The standard InChI is InChI=1S/C14H19N3O3/c1-10-12(7-4-8-13(10)17(19)20)16-14(18)9-15-11-5-2-3-6-11/h4,7-8,11,15H,2-3,5-6,9H2,1H3,(H,16,18). The fourth-order valence-corrected chi connectivity index (χ4v) is 2.52. The lowest BCUT2D eigenvalue weighted by Crippen LogP contribution is -2.34. The van der Waals surface area contributed by atoms with E-state index in [1.807, 2.05) is 0 Å². The van der Waals surface area contributed by atoms with Crippen molar-refractivity contribution in [2.75, 3.05) is 11.9 Å². The Labute approximate surface area is 117 Å². The van der Waals surface area contributed by atoms with E-state index in [0.717, 1.165) is 12.8 Å². The van der Waals surface area contributed by atoms with E-state index in [1.54, 1.807) is 19.1 Å². The molecule has 1 aliphatic carbocycles. The number of hydrogen-bond donors (Lipinski definition) is 2. The van der Waals surface area contributed by atoms with E-state index < -0.39 is 4.92 Å². The highest BCUT2D eigenvalue weighted by Gasteiger charge is 2.17. The molecule has 108 valence electrons. The monoisotopic (exact) mass is 277 g/mol. The van der Waals surface area contributed by atoms with Crippen LogP contribution in [0, 0.1) is 17.0 Å². The highest BCUT2D eigenvalue weighted by Crippen LogP contribution is 2.24. The van der Waals surface area contributed by atoms with E-state index in [2.05, 4.69) is 10.6 Å². The number of benzene rings is 1. The van der Waals surface area contributed by atoms with Gasteiger partial charge in [-0.15, -0.1) is 0 Å². The van der Waals surface area contributed by atoms with Gasteiger partial charge in [0.15, 0.2) is 0 Å². The fourth-order valence-electron chi connectivity index (χ4n) is 2.52. The smallest absolute Gasteiger partial charge is 0.274 e. The predicted octanol–water partition coefficient (Wildman–Crippen LogP) is 2.37. The minimum Gasteiger partial charge on any atom is -0.324 e. The van der Waals surface area contributed by atoms with Crippen LogP contribution in [0.4, 0.5) is 11.4 Å². The van der Waals surface area contributed by atoms with E-state index in [9.17, 15) is 14.9 Å². The van der Waals surface area contributed by atoms with Crippen molar-refractivity contribution in [2.45, 2.75) is 38.6 Å². The van der Waals surface area contributed by atoms with Crippen molar-refractivity contribution >= 4 is 17.3 Å². The van der Waals surface area contributed by atoms with Gasteiger partial charge >= 0.3 is 0 Å². The number of nitro benzene ring substituents is 1. The Kier molecular flexibility index (Phi) is 4.68. The van der Waals surface area contributed by atoms with Gasteiger partial charge in [0.25, 0.3) is 5.69 Å². The first-order chi connectivity index (χ1) is 9.58. The molecule has 20 heavy (non-hydrogen) atoms. The average Bonchev–Trinajstić information content (AvgIpc) is 2.91. The molecule has 0 bridgehead atoms. The van der Waals surface area contributed by atoms with Crippen molar-refractivity contribution in [3.05, 3.63) is 33.9 Å². The molecule has 6 heteroatoms. The molecule has 0 unspecified atom stereocenters. The minimum absolute atomic E-state index is 0.0200. The molecular formula is C14H19N3O3. The third-order valence-corrected chi connectivity index (χ3v) is 3.68. The Morgan fingerprint density at radius 1 is 1.40 bits per heavy atom. The third kappa shape index (κ3) is 3.54. The van der Waals surface area contributed by atoms with Crippen LogP contribution in [0.15, 0.2) is 18.2 Å². The van der Waals surface area contributed by atoms with Crippen molar-refractivity contribution in [1.82, 2.24) is 5.32 Å². The van der Waals surface area contributed by atoms with E-state index >= 15 is 0 Å². The van der Waals surface area contributed by atoms with Crippen LogP contribution >= 0.6 is 0 Å². The summed E-state index contributed by atoms with van der Waals surface area (Å²) >= 11 is 0. The number of nitrogens with one attached hydrogen (secondary N) is 2. The number of nitrogens with zero attached hydrogens (tertiary/aromatic N) is 1. The number of rotatable bonds is 5. The molecule has 1 amide bonds. The summed E-state index contributed by atoms with van der Waals surface area (Å²) in [5, 5.41) is 16.8. The van der Waals surface area contributed by atoms with Gasteiger partial charge in [0, 0.05) is 12.1 Å². The quantitative estimate of drug-likeness (QED) is 0.639. The van der Waals surface area contributed by atoms with Crippen molar-refractivity contribution in [3.63, 3.8) is 0 Å². The molecule has 0 spiro atoms. The van der Waals surface area contributed by atoms with Gasteiger partial charge in [-0.05, 0) is 25.8 Å². The van der Waals surface area contributed by atoms with E-state index in [1.165, 1.54) is 18.9 Å². The Balaban J connectivity index is 1.93. The number of nitro groups is 1. The summed E-state index contributed by atoms with van der Waals surface area (Å²) < 4.78 is 0. The van der Waals surface area contributed by atoms with E-state index in [0.29, 0.717) is 17.3 Å². The van der Waals surface area contributed by atoms with E-state index in [-0.39, 0.29) is 18.1 Å². The summed E-state index contributed by atoms with van der Waals surface area (Å²) in [5.74, 6) is -0.166. The summed E-state index contributed by atoms with van der Waals surface area (Å²) in [6, 6.07) is 5.11. The number of carbonyl (C=O) groups excluding carboxylic acids is 1. The number of amides is 1. The highest BCUT2D eigenvalue weighted by molar-refractivity contribution is 5.93. The van der Waals surface area contributed by atoms with Gasteiger partial charge in [-0.1, -0.05) is 18.9 Å². The van der Waals surface area contributed by atoms with Gasteiger partial charge in [0.05, 0.1) is 22.7 Å². The van der Waals surface area contributed by atoms with Crippen molar-refractivity contribution in [1.29, 1.82) is 0 Å². The molecule has 0 radical (unpaired) electrons. The molecular weight excluding hydrogens is 258 g/mol. The number of hydrogen-bond acceptors (Lipinski definition) is 4. The molecule has 1 saturated carbocycles. The largest absolute Gasteiger partial charge is 0.324 e. The third-order valence-electron chi connectivity index (χ3n) is 3.68. The second-order valence-electron chi connectivity index (χ2n) is 5.12. The van der Waals surface area contributed by atoms with Gasteiger partial charge < -0.3 is 10.6 Å². The molecule has 0 aromatic heterocycles. The average molecular weight is 277 g/mol. The molecule has 1 aromatic rings. The Bertz CT molecular complexity index is 510. The molecule has 2 N–H and O–H groups in total. The van der Waals surface area contributed by atoms with Crippen molar-refractivity contribution in [3.8, 4) is 0 Å². The summed E-state index contributed by atoms with van der Waals surface area (Å²) in [4.78, 5) is 22.3. The molecule has 0 aliphatic heterocycles. The highest BCUT2D eigenvalue weighted by atomic mass is 16.6. The van der Waals surface area contributed by atoms with E-state index in [4.69, 9.17) is 0 Å². The first-order valence-electron chi connectivity index (χ1n) is 6.85. The van der Waals surface area contributed by atoms with Crippen LogP contribution < -0.4 is 10.6 Å². The van der Waals surface area contributed by atoms with Gasteiger partial charge in [0.2, 0.25) is 5.91 Å². The second-order valence-corrected chi connectivity index (χ2v) is 5.12. The molecule has 0 heterocycles. The maximum Gasteiger partial charge on any atom is 0.274 e. The van der Waals surface area contributed by atoms with Gasteiger partial charge in [-0.3, -0.25) is 14.9 Å². The molecule has 1 aromatic carbocycles. The van der Waals surface area contributed by atoms with Crippen molar-refractivity contribution < 1.29 is 9.72 Å². The summed E-state index contributed by atoms with van der Waals surface area (Å²) in [6.07, 6.45) is 4.65. The van der Waals surface area contributed by atoms with Gasteiger partial charge in [-0.2, -0.15) is 0 Å². The molecule has 1 fully saturated rings. The molecule has 1 aliphatic rings. The first-order valence-corrected chi connectivity index (χ1v) is 6.85. The predicted molar refractivity (Wildman–Crippen MR) is 76.7 cm³/mol. The molecule has 0 atom stereocenters. The maximum absolute atomic E-state index is 11.9. The molecule has 6 nitrogen and oxygen atoms in total. The van der Waals surface area contributed by atoms with Gasteiger partial charge in [0.1, 0.15) is 0 Å². The topological polar surface area (TPSA) is 84.3 Å². The van der Waals surface area contributed by atoms with Crippen LogP contribution in [-0.2, 0) is 4.79 Å². The zero-order valence-electron chi connectivity index (χ0n) is 11.5. The van der Waals surface area contributed by atoms with Crippen LogP contribution in [-0.4, -0.2) is 23.4 Å². The maximum atomic E-state index is 11.9. The SMILES string of the molecule is Cc1c(NC(=O)CNC2CCCC2)cccc1[N+](=O)[O-].